The first-order valence-corrected chi connectivity index (χ1v) is 9.26. The number of hydrogen-bond donors (Lipinski definition) is 1. The number of ether oxygens (including phenoxy) is 2. The SMILES string of the molecule is CC1Cc2c(c(Cl)c3c(c2C2(C(=O)O)CCCCC2)OC(C)C3)O1. The van der Waals surface area contributed by atoms with Gasteiger partial charge >= 0.3 is 5.97 Å². The highest BCUT2D eigenvalue weighted by Crippen LogP contribution is 2.55. The number of fused-ring (bicyclic) bond motifs is 2. The van der Waals surface area contributed by atoms with Crippen molar-refractivity contribution in [1.29, 1.82) is 0 Å². The van der Waals surface area contributed by atoms with Crippen LogP contribution in [0.2, 0.25) is 5.02 Å². The molecule has 0 saturated heterocycles. The Balaban J connectivity index is 2.00. The Morgan fingerprint density at radius 1 is 1.04 bits per heavy atom. The normalized spacial score (nSPS) is 27.1. The molecule has 1 aliphatic carbocycles. The molecule has 2 atom stereocenters. The summed E-state index contributed by atoms with van der Waals surface area (Å²) in [6.07, 6.45) is 5.73. The lowest BCUT2D eigenvalue weighted by molar-refractivity contribution is -0.145. The van der Waals surface area contributed by atoms with E-state index in [4.69, 9.17) is 21.1 Å². The Hall–Kier alpha value is -1.42. The summed E-state index contributed by atoms with van der Waals surface area (Å²) >= 11 is 6.61. The standard InChI is InChI=1S/C19H23ClO4/c1-10-8-12-14(19(18(21)22)6-4-3-5-7-19)16-13(9-11(2)23-16)15(20)17(12)24-10/h10-11H,3-9H2,1-2H3,(H,21,22). The van der Waals surface area contributed by atoms with Crippen LogP contribution < -0.4 is 9.47 Å². The van der Waals surface area contributed by atoms with Crippen LogP contribution in [0.15, 0.2) is 0 Å². The molecule has 130 valence electrons. The van der Waals surface area contributed by atoms with E-state index in [0.29, 0.717) is 36.5 Å². The van der Waals surface area contributed by atoms with Crippen LogP contribution in [0.5, 0.6) is 11.5 Å². The first kappa shape index (κ1) is 16.1. The smallest absolute Gasteiger partial charge is 0.314 e. The van der Waals surface area contributed by atoms with Gasteiger partial charge in [0.25, 0.3) is 0 Å². The van der Waals surface area contributed by atoms with Gasteiger partial charge in [-0.2, -0.15) is 0 Å². The van der Waals surface area contributed by atoms with Crippen LogP contribution in [-0.4, -0.2) is 23.3 Å². The van der Waals surface area contributed by atoms with Gasteiger partial charge in [0.2, 0.25) is 0 Å². The highest BCUT2D eigenvalue weighted by Gasteiger charge is 2.49. The molecule has 1 N–H and O–H groups in total. The van der Waals surface area contributed by atoms with E-state index in [1.54, 1.807) is 0 Å². The number of rotatable bonds is 2. The van der Waals surface area contributed by atoms with Crippen LogP contribution in [0.1, 0.15) is 62.6 Å². The average molecular weight is 351 g/mol. The van der Waals surface area contributed by atoms with Gasteiger partial charge < -0.3 is 14.6 Å². The monoisotopic (exact) mass is 350 g/mol. The van der Waals surface area contributed by atoms with Crippen LogP contribution in [0.3, 0.4) is 0 Å². The molecule has 3 aliphatic rings. The summed E-state index contributed by atoms with van der Waals surface area (Å²) in [6, 6.07) is 0. The van der Waals surface area contributed by atoms with Gasteiger partial charge in [0.1, 0.15) is 23.7 Å². The minimum atomic E-state index is -0.867. The van der Waals surface area contributed by atoms with Crippen molar-refractivity contribution >= 4 is 17.6 Å². The molecular formula is C19H23ClO4. The quantitative estimate of drug-likeness (QED) is 0.865. The van der Waals surface area contributed by atoms with Crippen molar-refractivity contribution in [3.05, 3.63) is 21.7 Å². The molecule has 2 heterocycles. The zero-order valence-electron chi connectivity index (χ0n) is 14.2. The topological polar surface area (TPSA) is 55.8 Å². The van der Waals surface area contributed by atoms with E-state index in [2.05, 4.69) is 0 Å². The van der Waals surface area contributed by atoms with Crippen LogP contribution in [0.4, 0.5) is 0 Å². The summed E-state index contributed by atoms with van der Waals surface area (Å²) in [5.41, 5.74) is 1.88. The third-order valence-corrected chi connectivity index (χ3v) is 6.16. The van der Waals surface area contributed by atoms with Gasteiger partial charge in [0.15, 0.2) is 0 Å². The summed E-state index contributed by atoms with van der Waals surface area (Å²) in [4.78, 5) is 12.4. The zero-order valence-corrected chi connectivity index (χ0v) is 14.9. The van der Waals surface area contributed by atoms with Crippen LogP contribution in [-0.2, 0) is 23.1 Å². The van der Waals surface area contributed by atoms with E-state index < -0.39 is 11.4 Å². The number of carbonyl (C=O) groups is 1. The number of hydrogen-bond acceptors (Lipinski definition) is 3. The van der Waals surface area contributed by atoms with Crippen molar-refractivity contribution < 1.29 is 19.4 Å². The molecule has 0 spiro atoms. The van der Waals surface area contributed by atoms with Crippen LogP contribution in [0, 0.1) is 0 Å². The van der Waals surface area contributed by atoms with Crippen molar-refractivity contribution in [2.24, 2.45) is 0 Å². The van der Waals surface area contributed by atoms with Gasteiger partial charge in [-0.25, -0.2) is 0 Å². The predicted molar refractivity (Wildman–Crippen MR) is 91.4 cm³/mol. The molecule has 0 aromatic heterocycles. The molecule has 1 fully saturated rings. The van der Waals surface area contributed by atoms with E-state index in [9.17, 15) is 9.90 Å². The van der Waals surface area contributed by atoms with Crippen molar-refractivity contribution in [2.75, 3.05) is 0 Å². The zero-order chi connectivity index (χ0) is 17.1. The molecule has 1 aromatic rings. The Kier molecular flexibility index (Phi) is 3.72. The fourth-order valence-electron chi connectivity index (χ4n) is 4.69. The molecule has 4 rings (SSSR count). The minimum absolute atomic E-state index is 0.0191. The fourth-order valence-corrected chi connectivity index (χ4v) is 5.02. The number of aliphatic carboxylic acids is 1. The molecule has 4 nitrogen and oxygen atoms in total. The van der Waals surface area contributed by atoms with E-state index >= 15 is 0 Å². The molecule has 2 aliphatic heterocycles. The van der Waals surface area contributed by atoms with Crippen molar-refractivity contribution in [3.63, 3.8) is 0 Å². The molecule has 0 radical (unpaired) electrons. The number of carboxylic acids is 1. The van der Waals surface area contributed by atoms with Crippen LogP contribution >= 0.6 is 11.6 Å². The second kappa shape index (κ2) is 5.55. The van der Waals surface area contributed by atoms with E-state index in [0.717, 1.165) is 41.7 Å². The fraction of sp³-hybridized carbons (Fsp3) is 0.632. The van der Waals surface area contributed by atoms with Crippen LogP contribution in [0.25, 0.3) is 0 Å². The van der Waals surface area contributed by atoms with Gasteiger partial charge in [-0.3, -0.25) is 4.79 Å². The van der Waals surface area contributed by atoms with Gasteiger partial charge in [0, 0.05) is 29.5 Å². The lowest BCUT2D eigenvalue weighted by atomic mass is 9.67. The lowest BCUT2D eigenvalue weighted by Crippen LogP contribution is -2.39. The second-order valence-corrected chi connectivity index (χ2v) is 7.90. The Bertz CT molecular complexity index is 667. The van der Waals surface area contributed by atoms with E-state index in [-0.39, 0.29) is 12.2 Å². The highest BCUT2D eigenvalue weighted by atomic mass is 35.5. The molecule has 0 bridgehead atoms. The first-order chi connectivity index (χ1) is 11.4. The van der Waals surface area contributed by atoms with Crippen molar-refractivity contribution in [2.45, 2.75) is 76.4 Å². The van der Waals surface area contributed by atoms with Gasteiger partial charge in [-0.05, 0) is 26.7 Å². The maximum atomic E-state index is 12.4. The average Bonchev–Trinajstić information content (AvgIpc) is 3.11. The number of benzene rings is 1. The number of carboxylic acid groups (broad SMARTS) is 1. The molecule has 5 heteroatoms. The third kappa shape index (κ3) is 2.15. The first-order valence-electron chi connectivity index (χ1n) is 8.88. The summed E-state index contributed by atoms with van der Waals surface area (Å²) in [6.45, 7) is 4.01. The lowest BCUT2D eigenvalue weighted by Gasteiger charge is -2.36. The summed E-state index contributed by atoms with van der Waals surface area (Å²) < 4.78 is 12.1. The summed E-state index contributed by atoms with van der Waals surface area (Å²) in [5, 5.41) is 10.8. The molecular weight excluding hydrogens is 328 g/mol. The largest absolute Gasteiger partial charge is 0.490 e. The maximum Gasteiger partial charge on any atom is 0.314 e. The Morgan fingerprint density at radius 2 is 1.62 bits per heavy atom. The summed E-state index contributed by atoms with van der Waals surface area (Å²) in [7, 11) is 0. The van der Waals surface area contributed by atoms with Crippen molar-refractivity contribution in [3.8, 4) is 11.5 Å². The molecule has 1 saturated carbocycles. The Labute approximate surface area is 147 Å². The minimum Gasteiger partial charge on any atom is -0.490 e. The Morgan fingerprint density at radius 3 is 2.25 bits per heavy atom. The predicted octanol–water partition coefficient (Wildman–Crippen LogP) is 4.27. The third-order valence-electron chi connectivity index (χ3n) is 5.76. The molecule has 24 heavy (non-hydrogen) atoms. The van der Waals surface area contributed by atoms with Gasteiger partial charge in [-0.1, -0.05) is 30.9 Å². The van der Waals surface area contributed by atoms with Gasteiger partial charge in [-0.15, -0.1) is 0 Å². The molecule has 1 aromatic carbocycles. The number of halogens is 1. The maximum absolute atomic E-state index is 12.4. The van der Waals surface area contributed by atoms with Gasteiger partial charge in [0.05, 0.1) is 10.4 Å². The molecule has 0 amide bonds. The van der Waals surface area contributed by atoms with Crippen molar-refractivity contribution in [1.82, 2.24) is 0 Å². The second-order valence-electron chi connectivity index (χ2n) is 7.52. The van der Waals surface area contributed by atoms with E-state index in [1.807, 2.05) is 13.8 Å². The summed E-state index contributed by atoms with van der Waals surface area (Å²) in [5.74, 6) is 0.687. The highest BCUT2D eigenvalue weighted by molar-refractivity contribution is 6.33. The molecule has 2 unspecified atom stereocenters. The van der Waals surface area contributed by atoms with E-state index in [1.165, 1.54) is 0 Å².